The van der Waals surface area contributed by atoms with Crippen LogP contribution in [-0.2, 0) is 0 Å². The molecule has 1 N–H and O–H groups in total. The highest BCUT2D eigenvalue weighted by atomic mass is 35.5. The number of alkyl halides is 1. The van der Waals surface area contributed by atoms with Crippen molar-refractivity contribution < 1.29 is 4.39 Å². The van der Waals surface area contributed by atoms with Gasteiger partial charge >= 0.3 is 0 Å². The van der Waals surface area contributed by atoms with E-state index in [-0.39, 0.29) is 24.2 Å². The predicted molar refractivity (Wildman–Crippen MR) is 43.3 cm³/mol. The summed E-state index contributed by atoms with van der Waals surface area (Å²) in [5, 5.41) is 3.17. The molecule has 1 nitrogen and oxygen atoms in total. The van der Waals surface area contributed by atoms with Crippen LogP contribution in [0.4, 0.5) is 4.39 Å². The first-order chi connectivity index (χ1) is 4.22. The SMILES string of the molecule is CC1CNCC(C)C1F.Cl. The molecular weight excluding hydrogens is 153 g/mol. The van der Waals surface area contributed by atoms with Crippen molar-refractivity contribution >= 4 is 12.4 Å². The zero-order chi connectivity index (χ0) is 6.85. The predicted octanol–water partition coefficient (Wildman–Crippen LogP) is 1.62. The standard InChI is InChI=1S/C7H14FN.ClH/c1-5-3-9-4-6(2)7(5)8;/h5-7,9H,3-4H2,1-2H3;1H. The van der Waals surface area contributed by atoms with Gasteiger partial charge in [-0.1, -0.05) is 13.8 Å². The Morgan fingerprint density at radius 2 is 1.60 bits per heavy atom. The van der Waals surface area contributed by atoms with Gasteiger partial charge in [0.05, 0.1) is 0 Å². The molecule has 2 unspecified atom stereocenters. The van der Waals surface area contributed by atoms with E-state index in [2.05, 4.69) is 5.32 Å². The van der Waals surface area contributed by atoms with Crippen LogP contribution in [0.3, 0.4) is 0 Å². The van der Waals surface area contributed by atoms with E-state index in [1.54, 1.807) is 0 Å². The van der Waals surface area contributed by atoms with Crippen molar-refractivity contribution in [2.45, 2.75) is 20.0 Å². The fraction of sp³-hybridized carbons (Fsp3) is 1.00. The van der Waals surface area contributed by atoms with Crippen LogP contribution in [-0.4, -0.2) is 19.3 Å². The average molecular weight is 168 g/mol. The summed E-state index contributed by atoms with van der Waals surface area (Å²) < 4.78 is 12.9. The summed E-state index contributed by atoms with van der Waals surface area (Å²) in [6, 6.07) is 0. The van der Waals surface area contributed by atoms with Crippen LogP contribution in [0.1, 0.15) is 13.8 Å². The molecule has 0 radical (unpaired) electrons. The van der Waals surface area contributed by atoms with Crippen molar-refractivity contribution in [1.29, 1.82) is 0 Å². The molecule has 1 saturated heterocycles. The molecule has 0 bridgehead atoms. The van der Waals surface area contributed by atoms with E-state index in [0.29, 0.717) is 0 Å². The van der Waals surface area contributed by atoms with Gasteiger partial charge in [-0.3, -0.25) is 0 Å². The monoisotopic (exact) mass is 167 g/mol. The zero-order valence-electron chi connectivity index (χ0n) is 6.43. The van der Waals surface area contributed by atoms with Gasteiger partial charge < -0.3 is 5.32 Å². The number of hydrogen-bond acceptors (Lipinski definition) is 1. The lowest BCUT2D eigenvalue weighted by Gasteiger charge is -2.28. The normalized spacial score (nSPS) is 40.5. The third kappa shape index (κ3) is 2.10. The van der Waals surface area contributed by atoms with E-state index in [0.717, 1.165) is 13.1 Å². The fourth-order valence-electron chi connectivity index (χ4n) is 1.32. The molecule has 0 aromatic heterocycles. The number of halogens is 2. The first kappa shape index (κ1) is 10.2. The van der Waals surface area contributed by atoms with Crippen LogP contribution in [0.5, 0.6) is 0 Å². The maximum atomic E-state index is 12.9. The zero-order valence-corrected chi connectivity index (χ0v) is 7.25. The fourth-order valence-corrected chi connectivity index (χ4v) is 1.32. The van der Waals surface area contributed by atoms with E-state index < -0.39 is 6.17 Å². The quantitative estimate of drug-likeness (QED) is 0.578. The van der Waals surface area contributed by atoms with Crippen LogP contribution in [0, 0.1) is 11.8 Å². The summed E-state index contributed by atoms with van der Waals surface area (Å²) in [5.74, 6) is 0.405. The van der Waals surface area contributed by atoms with Crippen LogP contribution in [0.15, 0.2) is 0 Å². The molecule has 2 atom stereocenters. The van der Waals surface area contributed by atoms with Gasteiger partial charge in [0.1, 0.15) is 6.17 Å². The second-order valence-corrected chi connectivity index (χ2v) is 3.06. The average Bonchev–Trinajstić information content (AvgIpc) is 1.83. The van der Waals surface area contributed by atoms with Crippen LogP contribution in [0.2, 0.25) is 0 Å². The Morgan fingerprint density at radius 1 is 1.20 bits per heavy atom. The number of hydrogen-bond donors (Lipinski definition) is 1. The van der Waals surface area contributed by atoms with Gasteiger partial charge in [-0.2, -0.15) is 0 Å². The second-order valence-electron chi connectivity index (χ2n) is 3.06. The molecule has 62 valence electrons. The third-order valence-corrected chi connectivity index (χ3v) is 2.02. The van der Waals surface area contributed by atoms with Gasteiger partial charge in [0.15, 0.2) is 0 Å². The first-order valence-corrected chi connectivity index (χ1v) is 3.56. The van der Waals surface area contributed by atoms with Gasteiger partial charge in [-0.05, 0) is 0 Å². The number of nitrogens with one attached hydrogen (secondary N) is 1. The summed E-state index contributed by atoms with van der Waals surface area (Å²) in [4.78, 5) is 0. The summed E-state index contributed by atoms with van der Waals surface area (Å²) in [7, 11) is 0. The molecule has 0 aliphatic carbocycles. The smallest absolute Gasteiger partial charge is 0.108 e. The molecule has 10 heavy (non-hydrogen) atoms. The second kappa shape index (κ2) is 4.14. The Kier molecular flexibility index (Phi) is 4.22. The molecule has 0 saturated carbocycles. The maximum absolute atomic E-state index is 12.9. The minimum Gasteiger partial charge on any atom is -0.316 e. The Morgan fingerprint density at radius 3 is 1.90 bits per heavy atom. The lowest BCUT2D eigenvalue weighted by molar-refractivity contribution is 0.133. The largest absolute Gasteiger partial charge is 0.316 e. The Hall–Kier alpha value is 0.180. The van der Waals surface area contributed by atoms with Crippen molar-refractivity contribution in [2.75, 3.05) is 13.1 Å². The van der Waals surface area contributed by atoms with E-state index in [9.17, 15) is 4.39 Å². The Bertz CT molecular complexity index is 89.6. The van der Waals surface area contributed by atoms with Crippen LogP contribution < -0.4 is 5.32 Å². The molecule has 1 fully saturated rings. The Labute approximate surface area is 67.8 Å². The first-order valence-electron chi connectivity index (χ1n) is 3.56. The molecule has 0 aromatic rings. The molecule has 1 heterocycles. The Balaban J connectivity index is 0.000000810. The highest BCUT2D eigenvalue weighted by Crippen LogP contribution is 2.19. The molecular formula is C7H15ClFN. The van der Waals surface area contributed by atoms with E-state index >= 15 is 0 Å². The van der Waals surface area contributed by atoms with Gasteiger partial charge in [0, 0.05) is 24.9 Å². The minimum absolute atomic E-state index is 0. The lowest BCUT2D eigenvalue weighted by Crippen LogP contribution is -2.42. The molecule has 3 heteroatoms. The molecule has 0 amide bonds. The maximum Gasteiger partial charge on any atom is 0.108 e. The highest BCUT2D eigenvalue weighted by molar-refractivity contribution is 5.85. The van der Waals surface area contributed by atoms with Crippen LogP contribution >= 0.6 is 12.4 Å². The molecule has 1 rings (SSSR count). The molecule has 1 aliphatic rings. The van der Waals surface area contributed by atoms with E-state index in [1.165, 1.54) is 0 Å². The summed E-state index contributed by atoms with van der Waals surface area (Å²) >= 11 is 0. The van der Waals surface area contributed by atoms with Gasteiger partial charge in [-0.15, -0.1) is 12.4 Å². The van der Waals surface area contributed by atoms with Crippen molar-refractivity contribution in [1.82, 2.24) is 5.32 Å². The molecule has 0 spiro atoms. The summed E-state index contributed by atoms with van der Waals surface area (Å²) in [5.41, 5.74) is 0. The summed E-state index contributed by atoms with van der Waals surface area (Å²) in [6.07, 6.45) is -0.591. The highest BCUT2D eigenvalue weighted by Gasteiger charge is 2.26. The van der Waals surface area contributed by atoms with Crippen molar-refractivity contribution in [3.63, 3.8) is 0 Å². The van der Waals surface area contributed by atoms with Crippen LogP contribution in [0.25, 0.3) is 0 Å². The van der Waals surface area contributed by atoms with Crippen molar-refractivity contribution in [3.8, 4) is 0 Å². The molecule has 0 aromatic carbocycles. The summed E-state index contributed by atoms with van der Waals surface area (Å²) in [6.45, 7) is 5.58. The van der Waals surface area contributed by atoms with Gasteiger partial charge in [0.2, 0.25) is 0 Å². The third-order valence-electron chi connectivity index (χ3n) is 2.02. The van der Waals surface area contributed by atoms with E-state index in [4.69, 9.17) is 0 Å². The number of rotatable bonds is 0. The van der Waals surface area contributed by atoms with Gasteiger partial charge in [0.25, 0.3) is 0 Å². The lowest BCUT2D eigenvalue weighted by atomic mass is 9.91. The van der Waals surface area contributed by atoms with E-state index in [1.807, 2.05) is 13.8 Å². The topological polar surface area (TPSA) is 12.0 Å². The minimum atomic E-state index is -0.591. The number of piperidine rings is 1. The molecule has 1 aliphatic heterocycles. The van der Waals surface area contributed by atoms with Gasteiger partial charge in [-0.25, -0.2) is 4.39 Å². The van der Waals surface area contributed by atoms with Crippen molar-refractivity contribution in [2.24, 2.45) is 11.8 Å². The van der Waals surface area contributed by atoms with Crippen molar-refractivity contribution in [3.05, 3.63) is 0 Å².